The molecule has 19 heavy (non-hydrogen) atoms. The van der Waals surface area contributed by atoms with Crippen molar-refractivity contribution in [1.82, 2.24) is 10.2 Å². The van der Waals surface area contributed by atoms with Crippen molar-refractivity contribution >= 4 is 22.5 Å². The van der Waals surface area contributed by atoms with Gasteiger partial charge in [0.2, 0.25) is 0 Å². The largest absolute Gasteiger partial charge is 0.207 e. The maximum atomic E-state index is 13.6. The Bertz CT molecular complexity index is 710. The van der Waals surface area contributed by atoms with Crippen molar-refractivity contribution in [3.05, 3.63) is 66.1 Å². The lowest BCUT2D eigenvalue weighted by Crippen LogP contribution is -1.90. The lowest BCUT2D eigenvalue weighted by atomic mass is 10.2. The number of aromatic nitrogens is 2. The topological polar surface area (TPSA) is 25.8 Å². The van der Waals surface area contributed by atoms with Gasteiger partial charge in [-0.05, 0) is 11.6 Å². The Balaban J connectivity index is 1.88. The molecule has 0 radical (unpaired) electrons. The predicted molar refractivity (Wildman–Crippen MR) is 75.5 cm³/mol. The van der Waals surface area contributed by atoms with E-state index in [1.165, 1.54) is 17.8 Å². The van der Waals surface area contributed by atoms with Crippen LogP contribution in [0.3, 0.4) is 0 Å². The Kier molecular flexibility index (Phi) is 3.42. The SMILES string of the molecule is Fc1ccccc1CSc1nncc2ccccc12. The molecule has 0 aliphatic carbocycles. The molecule has 0 amide bonds. The van der Waals surface area contributed by atoms with Crippen molar-refractivity contribution in [3.8, 4) is 0 Å². The third-order valence-electron chi connectivity index (χ3n) is 2.86. The molecule has 0 bridgehead atoms. The van der Waals surface area contributed by atoms with Crippen LogP contribution in [-0.2, 0) is 5.75 Å². The summed E-state index contributed by atoms with van der Waals surface area (Å²) in [6, 6.07) is 14.7. The highest BCUT2D eigenvalue weighted by atomic mass is 32.2. The number of hydrogen-bond donors (Lipinski definition) is 0. The summed E-state index contributed by atoms with van der Waals surface area (Å²) in [7, 11) is 0. The van der Waals surface area contributed by atoms with Crippen LogP contribution in [0, 0.1) is 5.82 Å². The van der Waals surface area contributed by atoms with Gasteiger partial charge >= 0.3 is 0 Å². The first-order valence-electron chi connectivity index (χ1n) is 5.91. The predicted octanol–water partition coefficient (Wildman–Crippen LogP) is 4.06. The molecule has 1 heterocycles. The summed E-state index contributed by atoms with van der Waals surface area (Å²) in [5.41, 5.74) is 0.683. The highest BCUT2D eigenvalue weighted by Crippen LogP contribution is 2.27. The number of hydrogen-bond acceptors (Lipinski definition) is 3. The van der Waals surface area contributed by atoms with Crippen LogP contribution < -0.4 is 0 Å². The molecule has 2 nitrogen and oxygen atoms in total. The van der Waals surface area contributed by atoms with Gasteiger partial charge in [0.1, 0.15) is 10.8 Å². The van der Waals surface area contributed by atoms with E-state index < -0.39 is 0 Å². The Labute approximate surface area is 114 Å². The second kappa shape index (κ2) is 5.36. The molecule has 94 valence electrons. The molecule has 4 heteroatoms. The first-order valence-corrected chi connectivity index (χ1v) is 6.90. The van der Waals surface area contributed by atoms with Gasteiger partial charge < -0.3 is 0 Å². The highest BCUT2D eigenvalue weighted by Gasteiger charge is 2.06. The molecule has 1 aromatic heterocycles. The van der Waals surface area contributed by atoms with Crippen LogP contribution in [0.15, 0.2) is 59.8 Å². The molecule has 3 rings (SSSR count). The summed E-state index contributed by atoms with van der Waals surface area (Å²) in [6.45, 7) is 0. The molecular weight excluding hydrogens is 259 g/mol. The summed E-state index contributed by atoms with van der Waals surface area (Å²) in [4.78, 5) is 0. The Hall–Kier alpha value is -1.94. The second-order valence-electron chi connectivity index (χ2n) is 4.12. The van der Waals surface area contributed by atoms with Gasteiger partial charge in [0.25, 0.3) is 0 Å². The van der Waals surface area contributed by atoms with E-state index in [1.807, 2.05) is 30.3 Å². The van der Waals surface area contributed by atoms with Crippen LogP contribution >= 0.6 is 11.8 Å². The summed E-state index contributed by atoms with van der Waals surface area (Å²) in [5, 5.41) is 11.1. The fourth-order valence-electron chi connectivity index (χ4n) is 1.87. The molecule has 0 atom stereocenters. The van der Waals surface area contributed by atoms with E-state index in [-0.39, 0.29) is 5.82 Å². The molecule has 0 saturated heterocycles. The summed E-state index contributed by atoms with van der Waals surface area (Å²) in [6.07, 6.45) is 1.74. The minimum Gasteiger partial charge on any atom is -0.207 e. The van der Waals surface area contributed by atoms with Gasteiger partial charge in [0.05, 0.1) is 6.20 Å². The molecule has 0 aliphatic rings. The molecule has 3 aromatic rings. The lowest BCUT2D eigenvalue weighted by Gasteiger charge is -2.05. The first-order chi connectivity index (χ1) is 9.34. The second-order valence-corrected chi connectivity index (χ2v) is 5.08. The van der Waals surface area contributed by atoms with Crippen LogP contribution in [0.5, 0.6) is 0 Å². The van der Waals surface area contributed by atoms with Gasteiger partial charge in [0, 0.05) is 16.5 Å². The molecule has 0 saturated carbocycles. The zero-order valence-electron chi connectivity index (χ0n) is 10.1. The maximum absolute atomic E-state index is 13.6. The van der Waals surface area contributed by atoms with Crippen molar-refractivity contribution in [2.45, 2.75) is 10.8 Å². The van der Waals surface area contributed by atoms with E-state index in [4.69, 9.17) is 0 Å². The minimum atomic E-state index is -0.178. The average Bonchev–Trinajstić information content (AvgIpc) is 2.46. The van der Waals surface area contributed by atoms with E-state index in [0.717, 1.165) is 15.8 Å². The molecule has 0 fully saturated rings. The Morgan fingerprint density at radius 2 is 1.79 bits per heavy atom. The van der Waals surface area contributed by atoms with Crippen molar-refractivity contribution < 1.29 is 4.39 Å². The quantitative estimate of drug-likeness (QED) is 0.671. The smallest absolute Gasteiger partial charge is 0.127 e. The number of rotatable bonds is 3. The Morgan fingerprint density at radius 1 is 1.00 bits per heavy atom. The maximum Gasteiger partial charge on any atom is 0.127 e. The van der Waals surface area contributed by atoms with E-state index in [2.05, 4.69) is 10.2 Å². The number of halogens is 1. The minimum absolute atomic E-state index is 0.178. The highest BCUT2D eigenvalue weighted by molar-refractivity contribution is 7.98. The molecule has 2 aromatic carbocycles. The third kappa shape index (κ3) is 2.58. The van der Waals surface area contributed by atoms with Crippen LogP contribution in [0.4, 0.5) is 4.39 Å². The van der Waals surface area contributed by atoms with Gasteiger partial charge in [0.15, 0.2) is 0 Å². The van der Waals surface area contributed by atoms with Crippen molar-refractivity contribution in [1.29, 1.82) is 0 Å². The van der Waals surface area contributed by atoms with Gasteiger partial charge in [-0.15, -0.1) is 5.10 Å². The van der Waals surface area contributed by atoms with Crippen LogP contribution in [0.2, 0.25) is 0 Å². The summed E-state index contributed by atoms with van der Waals surface area (Å²) < 4.78 is 13.6. The zero-order valence-corrected chi connectivity index (χ0v) is 10.9. The van der Waals surface area contributed by atoms with Gasteiger partial charge in [-0.3, -0.25) is 0 Å². The summed E-state index contributed by atoms with van der Waals surface area (Å²) in [5.74, 6) is 0.373. The monoisotopic (exact) mass is 270 g/mol. The molecule has 0 N–H and O–H groups in total. The van der Waals surface area contributed by atoms with Crippen molar-refractivity contribution in [2.24, 2.45) is 0 Å². The molecule has 0 unspecified atom stereocenters. The number of fused-ring (bicyclic) bond motifs is 1. The summed E-state index contributed by atoms with van der Waals surface area (Å²) >= 11 is 1.50. The van der Waals surface area contributed by atoms with Crippen LogP contribution in [-0.4, -0.2) is 10.2 Å². The molecular formula is C15H11FN2S. The third-order valence-corrected chi connectivity index (χ3v) is 3.89. The van der Waals surface area contributed by atoms with E-state index in [9.17, 15) is 4.39 Å². The lowest BCUT2D eigenvalue weighted by molar-refractivity contribution is 0.617. The van der Waals surface area contributed by atoms with Gasteiger partial charge in [-0.2, -0.15) is 5.10 Å². The van der Waals surface area contributed by atoms with E-state index >= 15 is 0 Å². The standard InChI is InChI=1S/C15H11FN2S/c16-14-8-4-2-6-12(14)10-19-15-13-7-3-1-5-11(13)9-17-18-15/h1-9H,10H2. The number of benzene rings is 2. The first kappa shape index (κ1) is 12.1. The van der Waals surface area contributed by atoms with E-state index in [0.29, 0.717) is 11.3 Å². The average molecular weight is 270 g/mol. The van der Waals surface area contributed by atoms with Crippen molar-refractivity contribution in [2.75, 3.05) is 0 Å². The van der Waals surface area contributed by atoms with Gasteiger partial charge in [-0.25, -0.2) is 4.39 Å². The van der Waals surface area contributed by atoms with Crippen LogP contribution in [0.25, 0.3) is 10.8 Å². The molecule has 0 spiro atoms. The fourth-order valence-corrected chi connectivity index (χ4v) is 2.84. The van der Waals surface area contributed by atoms with Crippen LogP contribution in [0.1, 0.15) is 5.56 Å². The molecule has 0 aliphatic heterocycles. The van der Waals surface area contributed by atoms with E-state index in [1.54, 1.807) is 18.3 Å². The normalized spacial score (nSPS) is 10.8. The van der Waals surface area contributed by atoms with Gasteiger partial charge in [-0.1, -0.05) is 54.2 Å². The zero-order chi connectivity index (χ0) is 13.1. The number of nitrogens with zero attached hydrogens (tertiary/aromatic N) is 2. The van der Waals surface area contributed by atoms with Crippen molar-refractivity contribution in [3.63, 3.8) is 0 Å². The Morgan fingerprint density at radius 3 is 2.68 bits per heavy atom. The fraction of sp³-hybridized carbons (Fsp3) is 0.0667. The number of thioether (sulfide) groups is 1.